The summed E-state index contributed by atoms with van der Waals surface area (Å²) >= 11 is 3.45. The van der Waals surface area contributed by atoms with Gasteiger partial charge in [-0.1, -0.05) is 43.6 Å². The van der Waals surface area contributed by atoms with Gasteiger partial charge in [0.25, 0.3) is 5.56 Å². The minimum absolute atomic E-state index is 0.0621. The normalized spacial score (nSPS) is 13.0. The third-order valence-electron chi connectivity index (χ3n) is 5.21. The van der Waals surface area contributed by atoms with Crippen LogP contribution in [-0.4, -0.2) is 36.1 Å². The highest BCUT2D eigenvalue weighted by molar-refractivity contribution is 9.10. The van der Waals surface area contributed by atoms with E-state index in [9.17, 15) is 4.79 Å². The average Bonchev–Trinajstić information content (AvgIpc) is 2.73. The van der Waals surface area contributed by atoms with Crippen LogP contribution in [0.15, 0.2) is 50.8 Å². The summed E-state index contributed by atoms with van der Waals surface area (Å²) in [5.41, 5.74) is 1.92. The molecule has 7 heteroatoms. The van der Waals surface area contributed by atoms with Crippen LogP contribution in [0.5, 0.6) is 5.75 Å². The molecule has 6 nitrogen and oxygen atoms in total. The summed E-state index contributed by atoms with van der Waals surface area (Å²) in [7, 11) is 3.98. The van der Waals surface area contributed by atoms with Gasteiger partial charge in [0, 0.05) is 41.3 Å². The van der Waals surface area contributed by atoms with Crippen LogP contribution in [0.25, 0.3) is 10.9 Å². The Morgan fingerprint density at radius 1 is 1.22 bits per heavy atom. The average molecular weight is 499 g/mol. The molecule has 0 fully saturated rings. The summed E-state index contributed by atoms with van der Waals surface area (Å²) in [5, 5.41) is 5.12. The standard InChI is InChI=1S/C25H31BrN4O2/c1-8-16(2)32-22-14-19(29(6)7)11-9-17(22)15-27-30-23(31)20-13-18(26)10-12-21(20)28-24(30)25(3,4)5/h9-16H,8H2,1-7H3/t16-/m0/s1. The predicted molar refractivity (Wildman–Crippen MR) is 137 cm³/mol. The van der Waals surface area contributed by atoms with Gasteiger partial charge in [-0.05, 0) is 43.7 Å². The van der Waals surface area contributed by atoms with Crippen LogP contribution < -0.4 is 15.2 Å². The molecular formula is C25H31BrN4O2. The second-order valence-electron chi connectivity index (χ2n) is 9.16. The zero-order valence-electron chi connectivity index (χ0n) is 19.8. The number of hydrogen-bond acceptors (Lipinski definition) is 5. The first-order valence-corrected chi connectivity index (χ1v) is 11.6. The Balaban J connectivity index is 2.17. The van der Waals surface area contributed by atoms with Crippen molar-refractivity contribution in [2.24, 2.45) is 5.10 Å². The van der Waals surface area contributed by atoms with Crippen molar-refractivity contribution >= 4 is 38.7 Å². The molecule has 0 saturated carbocycles. The van der Waals surface area contributed by atoms with Gasteiger partial charge < -0.3 is 9.64 Å². The van der Waals surface area contributed by atoms with E-state index in [4.69, 9.17) is 9.72 Å². The molecule has 0 amide bonds. The molecule has 0 spiro atoms. The lowest BCUT2D eigenvalue weighted by Crippen LogP contribution is -2.29. The summed E-state index contributed by atoms with van der Waals surface area (Å²) in [5.74, 6) is 1.33. The molecule has 3 aromatic rings. The Morgan fingerprint density at radius 3 is 2.56 bits per heavy atom. The Bertz CT molecular complexity index is 1210. The van der Waals surface area contributed by atoms with Crippen molar-refractivity contribution in [2.75, 3.05) is 19.0 Å². The zero-order valence-corrected chi connectivity index (χ0v) is 21.4. The molecule has 0 saturated heterocycles. The second kappa shape index (κ2) is 9.45. The maximum atomic E-state index is 13.4. The largest absolute Gasteiger partial charge is 0.490 e. The number of aromatic nitrogens is 2. The first kappa shape index (κ1) is 24.0. The number of nitrogens with zero attached hydrogens (tertiary/aromatic N) is 4. The highest BCUT2D eigenvalue weighted by Crippen LogP contribution is 2.26. The SMILES string of the molecule is CC[C@H](C)Oc1cc(N(C)C)ccc1C=Nn1c(C(C)(C)C)nc2ccc(Br)cc2c1=O. The van der Waals surface area contributed by atoms with Crippen molar-refractivity contribution in [3.05, 3.63) is 62.6 Å². The minimum Gasteiger partial charge on any atom is -0.490 e. The Kier molecular flexibility index (Phi) is 7.08. The van der Waals surface area contributed by atoms with E-state index in [-0.39, 0.29) is 17.1 Å². The van der Waals surface area contributed by atoms with Gasteiger partial charge >= 0.3 is 0 Å². The van der Waals surface area contributed by atoms with Crippen molar-refractivity contribution in [3.8, 4) is 5.75 Å². The van der Waals surface area contributed by atoms with E-state index in [0.717, 1.165) is 27.9 Å². The molecule has 32 heavy (non-hydrogen) atoms. The summed E-state index contributed by atoms with van der Waals surface area (Å²) in [4.78, 5) is 20.2. The summed E-state index contributed by atoms with van der Waals surface area (Å²) in [6.07, 6.45) is 2.63. The van der Waals surface area contributed by atoms with Crippen LogP contribution in [-0.2, 0) is 5.41 Å². The lowest BCUT2D eigenvalue weighted by Gasteiger charge is -2.21. The van der Waals surface area contributed by atoms with Gasteiger partial charge in [0.15, 0.2) is 0 Å². The number of benzene rings is 2. The third-order valence-corrected chi connectivity index (χ3v) is 5.70. The molecule has 0 aliphatic rings. The molecule has 1 atom stereocenters. The zero-order chi connectivity index (χ0) is 23.6. The monoisotopic (exact) mass is 498 g/mol. The van der Waals surface area contributed by atoms with E-state index >= 15 is 0 Å². The number of halogens is 1. The van der Waals surface area contributed by atoms with Crippen molar-refractivity contribution < 1.29 is 4.74 Å². The van der Waals surface area contributed by atoms with E-state index in [1.165, 1.54) is 4.68 Å². The topological polar surface area (TPSA) is 59.7 Å². The maximum Gasteiger partial charge on any atom is 0.282 e. The Labute approximate surface area is 198 Å². The van der Waals surface area contributed by atoms with Crippen LogP contribution in [0.4, 0.5) is 5.69 Å². The molecular weight excluding hydrogens is 468 g/mol. The molecule has 0 N–H and O–H groups in total. The molecule has 0 bridgehead atoms. The maximum absolute atomic E-state index is 13.4. The predicted octanol–water partition coefficient (Wildman–Crippen LogP) is 5.58. The molecule has 0 radical (unpaired) electrons. The summed E-state index contributed by atoms with van der Waals surface area (Å²) in [6, 6.07) is 11.5. The van der Waals surface area contributed by atoms with Crippen LogP contribution in [0.1, 0.15) is 52.4 Å². The van der Waals surface area contributed by atoms with Crippen LogP contribution in [0.2, 0.25) is 0 Å². The fourth-order valence-electron chi connectivity index (χ4n) is 3.17. The smallest absolute Gasteiger partial charge is 0.282 e. The first-order chi connectivity index (χ1) is 15.0. The number of ether oxygens (including phenoxy) is 1. The molecule has 0 aliphatic heterocycles. The van der Waals surface area contributed by atoms with Gasteiger partial charge in [-0.3, -0.25) is 4.79 Å². The number of fused-ring (bicyclic) bond motifs is 1. The minimum atomic E-state index is -0.372. The lowest BCUT2D eigenvalue weighted by atomic mass is 9.95. The lowest BCUT2D eigenvalue weighted by molar-refractivity contribution is 0.217. The van der Waals surface area contributed by atoms with E-state index in [1.807, 2.05) is 77.0 Å². The van der Waals surface area contributed by atoms with Gasteiger partial charge in [-0.25, -0.2) is 4.98 Å². The Hall–Kier alpha value is -2.67. The van der Waals surface area contributed by atoms with Gasteiger partial charge in [0.05, 0.1) is 23.2 Å². The fourth-order valence-corrected chi connectivity index (χ4v) is 3.53. The quantitative estimate of drug-likeness (QED) is 0.416. The van der Waals surface area contributed by atoms with Gasteiger partial charge in [0.2, 0.25) is 0 Å². The second-order valence-corrected chi connectivity index (χ2v) is 10.1. The van der Waals surface area contributed by atoms with Crippen molar-refractivity contribution in [3.63, 3.8) is 0 Å². The number of hydrogen-bond donors (Lipinski definition) is 0. The first-order valence-electron chi connectivity index (χ1n) is 10.8. The molecule has 170 valence electrons. The van der Waals surface area contributed by atoms with E-state index < -0.39 is 0 Å². The highest BCUT2D eigenvalue weighted by atomic mass is 79.9. The van der Waals surface area contributed by atoms with Crippen LogP contribution in [0.3, 0.4) is 0 Å². The Morgan fingerprint density at radius 2 is 1.94 bits per heavy atom. The van der Waals surface area contributed by atoms with Crippen molar-refractivity contribution in [2.45, 2.75) is 52.6 Å². The van der Waals surface area contributed by atoms with Gasteiger partial charge in [-0.2, -0.15) is 9.78 Å². The van der Waals surface area contributed by atoms with E-state index in [1.54, 1.807) is 12.3 Å². The third kappa shape index (κ3) is 5.21. The van der Waals surface area contributed by atoms with Gasteiger partial charge in [-0.15, -0.1) is 0 Å². The highest BCUT2D eigenvalue weighted by Gasteiger charge is 2.23. The summed E-state index contributed by atoms with van der Waals surface area (Å²) < 4.78 is 8.39. The van der Waals surface area contributed by atoms with Crippen molar-refractivity contribution in [1.29, 1.82) is 0 Å². The molecule has 1 aromatic heterocycles. The number of rotatable bonds is 6. The van der Waals surface area contributed by atoms with E-state index in [2.05, 4.69) is 28.0 Å². The fraction of sp³-hybridized carbons (Fsp3) is 0.400. The van der Waals surface area contributed by atoms with Crippen LogP contribution in [0, 0.1) is 0 Å². The number of anilines is 1. The molecule has 0 aliphatic carbocycles. The molecule has 0 unspecified atom stereocenters. The molecule has 1 heterocycles. The molecule has 3 rings (SSSR count). The van der Waals surface area contributed by atoms with Crippen LogP contribution >= 0.6 is 15.9 Å². The van der Waals surface area contributed by atoms with Gasteiger partial charge in [0.1, 0.15) is 11.6 Å². The van der Waals surface area contributed by atoms with E-state index in [0.29, 0.717) is 16.7 Å². The summed E-state index contributed by atoms with van der Waals surface area (Å²) in [6.45, 7) is 10.2. The molecule has 2 aromatic carbocycles. The van der Waals surface area contributed by atoms with Crippen molar-refractivity contribution in [1.82, 2.24) is 9.66 Å².